The average Bonchev–Trinajstić information content (AvgIpc) is 3.56. The lowest BCUT2D eigenvalue weighted by molar-refractivity contribution is -0.137. The number of alkyl halides is 3. The number of fused-ring (bicyclic) bond motifs is 1. The van der Waals surface area contributed by atoms with Crippen molar-refractivity contribution in [3.63, 3.8) is 0 Å². The number of aryl methyl sites for hydroxylation is 4. The number of carbonyl (C=O) groups excluding carboxylic acids is 2. The highest BCUT2D eigenvalue weighted by molar-refractivity contribution is 5.96. The van der Waals surface area contributed by atoms with Crippen molar-refractivity contribution in [1.29, 1.82) is 0 Å². The molecule has 7 rings (SSSR count). The van der Waals surface area contributed by atoms with E-state index < -0.39 is 23.4 Å². The fourth-order valence-electron chi connectivity index (χ4n) is 7.48. The van der Waals surface area contributed by atoms with Gasteiger partial charge < -0.3 is 10.2 Å². The van der Waals surface area contributed by atoms with Crippen LogP contribution in [0.25, 0.3) is 27.1 Å². The van der Waals surface area contributed by atoms with Crippen molar-refractivity contribution in [3.8, 4) is 22.3 Å². The second-order valence-electron chi connectivity index (χ2n) is 13.7. The van der Waals surface area contributed by atoms with Crippen LogP contribution < -0.4 is 10.6 Å². The first-order valence-corrected chi connectivity index (χ1v) is 16.4. The zero-order chi connectivity index (χ0) is 34.8. The molecule has 4 aromatic rings. The standard InChI is InChI=1S/C39H36F3N5O2/c1-21-6-8-30(31-19-27(20-44-24(31)4)29-9-7-25(17-23(29)3)36(48)46-38(43-5)12-13-38)32(16-21)33-10-11-34-35(45-37(49)47(33)34)26-14-22(2)15-28(18-26)39(40,41)42/h6-9,14-20,33-35H,10-13H2,1-4H3,(H,45,49)(H,46,48)/t33-,34-,35+/m0/s1. The van der Waals surface area contributed by atoms with Gasteiger partial charge in [0.2, 0.25) is 0 Å². The van der Waals surface area contributed by atoms with Crippen LogP contribution in [0.1, 0.15) is 87.2 Å². The van der Waals surface area contributed by atoms with Gasteiger partial charge in [-0.1, -0.05) is 41.5 Å². The van der Waals surface area contributed by atoms with E-state index in [1.54, 1.807) is 19.1 Å². The third-order valence-electron chi connectivity index (χ3n) is 10.1. The number of amides is 3. The molecule has 7 nitrogen and oxygen atoms in total. The first-order chi connectivity index (χ1) is 23.3. The highest BCUT2D eigenvalue weighted by Crippen LogP contribution is 2.48. The molecule has 3 atom stereocenters. The lowest BCUT2D eigenvalue weighted by Gasteiger charge is -2.27. The topological polar surface area (TPSA) is 78.7 Å². The Labute approximate surface area is 283 Å². The molecule has 3 fully saturated rings. The van der Waals surface area contributed by atoms with Gasteiger partial charge in [-0.25, -0.2) is 11.4 Å². The minimum absolute atomic E-state index is 0.263. The van der Waals surface area contributed by atoms with Crippen molar-refractivity contribution in [1.82, 2.24) is 20.5 Å². The number of rotatable bonds is 6. The summed E-state index contributed by atoms with van der Waals surface area (Å²) < 4.78 is 41.1. The van der Waals surface area contributed by atoms with Crippen molar-refractivity contribution < 1.29 is 22.8 Å². The summed E-state index contributed by atoms with van der Waals surface area (Å²) in [5, 5.41) is 5.85. The SMILES string of the molecule is [C-]#[N+]C1(NC(=O)c2ccc(-c3cnc(C)c(-c4ccc(C)cc4[C@@H]4CC[C@H]5[C@@H](c6cc(C)cc(C(F)(F)F)c6)NC(=O)N45)c3)c(C)c2)CC1. The molecule has 1 aliphatic carbocycles. The summed E-state index contributed by atoms with van der Waals surface area (Å²) in [7, 11) is 0. The molecule has 2 saturated heterocycles. The summed E-state index contributed by atoms with van der Waals surface area (Å²) in [6.07, 6.45) is -0.0208. The fraction of sp³-hybridized carbons (Fsp3) is 0.333. The summed E-state index contributed by atoms with van der Waals surface area (Å²) >= 11 is 0. The molecule has 3 aliphatic rings. The molecule has 2 aliphatic heterocycles. The molecule has 250 valence electrons. The van der Waals surface area contributed by atoms with E-state index >= 15 is 0 Å². The van der Waals surface area contributed by atoms with Gasteiger partial charge in [-0.05, 0) is 98.7 Å². The Balaban J connectivity index is 1.21. The Hall–Kier alpha value is -5.17. The number of carbonyl (C=O) groups is 2. The number of aromatic nitrogens is 1. The van der Waals surface area contributed by atoms with Gasteiger partial charge in [0.05, 0.1) is 36.5 Å². The number of nitrogens with zero attached hydrogens (tertiary/aromatic N) is 3. The number of pyridine rings is 1. The highest BCUT2D eigenvalue weighted by Gasteiger charge is 2.52. The number of hydrogen-bond acceptors (Lipinski definition) is 3. The number of halogens is 3. The minimum atomic E-state index is -4.48. The highest BCUT2D eigenvalue weighted by atomic mass is 19.4. The maximum Gasteiger partial charge on any atom is 0.416 e. The van der Waals surface area contributed by atoms with Crippen LogP contribution in [0.2, 0.25) is 0 Å². The predicted octanol–water partition coefficient (Wildman–Crippen LogP) is 8.78. The molecule has 10 heteroatoms. The van der Waals surface area contributed by atoms with Gasteiger partial charge in [0.1, 0.15) is 0 Å². The summed E-state index contributed by atoms with van der Waals surface area (Å²) in [6, 6.07) is 16.4. The summed E-state index contributed by atoms with van der Waals surface area (Å²) in [5.41, 5.74) is 7.33. The molecular formula is C39H36F3N5O2. The second-order valence-corrected chi connectivity index (χ2v) is 13.7. The minimum Gasteiger partial charge on any atom is -0.329 e. The van der Waals surface area contributed by atoms with E-state index in [1.807, 2.05) is 50.1 Å². The molecule has 0 spiro atoms. The normalized spacial score (nSPS) is 20.8. The molecule has 3 aromatic carbocycles. The van der Waals surface area contributed by atoms with Gasteiger partial charge in [-0.3, -0.25) is 19.9 Å². The Morgan fingerprint density at radius 3 is 2.41 bits per heavy atom. The quantitative estimate of drug-likeness (QED) is 0.203. The van der Waals surface area contributed by atoms with Crippen LogP contribution in [0.3, 0.4) is 0 Å². The van der Waals surface area contributed by atoms with E-state index in [0.717, 1.165) is 56.8 Å². The lowest BCUT2D eigenvalue weighted by Crippen LogP contribution is -2.34. The molecule has 49 heavy (non-hydrogen) atoms. The number of urea groups is 1. The number of benzene rings is 3. The van der Waals surface area contributed by atoms with Crippen LogP contribution in [0.4, 0.5) is 18.0 Å². The van der Waals surface area contributed by atoms with Gasteiger partial charge >= 0.3 is 17.9 Å². The van der Waals surface area contributed by atoms with Crippen molar-refractivity contribution in [2.45, 2.75) is 83.3 Å². The largest absolute Gasteiger partial charge is 0.416 e. The Kier molecular flexibility index (Phi) is 7.77. The molecule has 1 aromatic heterocycles. The van der Waals surface area contributed by atoms with Gasteiger partial charge in [0.25, 0.3) is 5.91 Å². The molecule has 0 radical (unpaired) electrons. The van der Waals surface area contributed by atoms with Crippen molar-refractivity contribution in [3.05, 3.63) is 123 Å². The first kappa shape index (κ1) is 32.4. The van der Waals surface area contributed by atoms with E-state index in [-0.39, 0.29) is 24.0 Å². The van der Waals surface area contributed by atoms with Crippen LogP contribution in [0.5, 0.6) is 0 Å². The molecule has 3 amide bonds. The predicted molar refractivity (Wildman–Crippen MR) is 180 cm³/mol. The van der Waals surface area contributed by atoms with Gasteiger partial charge in [-0.2, -0.15) is 13.2 Å². The molecule has 0 bridgehead atoms. The Morgan fingerprint density at radius 1 is 0.959 bits per heavy atom. The molecule has 0 unspecified atom stereocenters. The van der Waals surface area contributed by atoms with Crippen LogP contribution >= 0.6 is 0 Å². The van der Waals surface area contributed by atoms with Crippen molar-refractivity contribution in [2.24, 2.45) is 0 Å². The Bertz CT molecular complexity index is 2060. The third-order valence-corrected chi connectivity index (χ3v) is 10.1. The molecular weight excluding hydrogens is 627 g/mol. The molecule has 2 N–H and O–H groups in total. The first-order valence-electron chi connectivity index (χ1n) is 16.4. The summed E-state index contributed by atoms with van der Waals surface area (Å²) in [4.78, 5) is 36.6. The van der Waals surface area contributed by atoms with E-state index in [2.05, 4.69) is 33.7 Å². The second kappa shape index (κ2) is 11.8. The van der Waals surface area contributed by atoms with Crippen LogP contribution in [0, 0.1) is 34.3 Å². The van der Waals surface area contributed by atoms with Gasteiger partial charge in [-0.15, -0.1) is 0 Å². The van der Waals surface area contributed by atoms with Gasteiger partial charge in [0.15, 0.2) is 0 Å². The van der Waals surface area contributed by atoms with Crippen LogP contribution in [-0.4, -0.2) is 33.5 Å². The third kappa shape index (κ3) is 5.92. The zero-order valence-corrected chi connectivity index (χ0v) is 27.7. The van der Waals surface area contributed by atoms with Crippen molar-refractivity contribution >= 4 is 11.9 Å². The smallest absolute Gasteiger partial charge is 0.329 e. The zero-order valence-electron chi connectivity index (χ0n) is 27.7. The Morgan fingerprint density at radius 2 is 1.71 bits per heavy atom. The summed E-state index contributed by atoms with van der Waals surface area (Å²) in [5.74, 6) is -0.263. The summed E-state index contributed by atoms with van der Waals surface area (Å²) in [6.45, 7) is 14.9. The maximum atomic E-state index is 13.7. The average molecular weight is 664 g/mol. The number of nitrogens with one attached hydrogen (secondary N) is 2. The van der Waals surface area contributed by atoms with Crippen LogP contribution in [0.15, 0.2) is 66.9 Å². The van der Waals surface area contributed by atoms with E-state index in [1.165, 1.54) is 0 Å². The van der Waals surface area contributed by atoms with E-state index in [9.17, 15) is 22.8 Å². The molecule has 1 saturated carbocycles. The van der Waals surface area contributed by atoms with E-state index in [4.69, 9.17) is 11.6 Å². The van der Waals surface area contributed by atoms with Crippen molar-refractivity contribution in [2.75, 3.05) is 0 Å². The maximum absolute atomic E-state index is 13.7. The fourth-order valence-corrected chi connectivity index (χ4v) is 7.48. The van der Waals surface area contributed by atoms with Crippen LogP contribution in [-0.2, 0) is 6.18 Å². The molecule has 3 heterocycles. The number of hydrogen-bond donors (Lipinski definition) is 2. The van der Waals surface area contributed by atoms with E-state index in [0.29, 0.717) is 42.4 Å². The monoisotopic (exact) mass is 663 g/mol. The van der Waals surface area contributed by atoms with Gasteiger partial charge in [0, 0.05) is 28.6 Å². The lowest BCUT2D eigenvalue weighted by atomic mass is 9.89.